The summed E-state index contributed by atoms with van der Waals surface area (Å²) in [6.07, 6.45) is 5.02. The molecule has 0 aromatic heterocycles. The normalized spacial score (nSPS) is 27.2. The minimum atomic E-state index is -0.218. The van der Waals surface area contributed by atoms with Crippen molar-refractivity contribution in [2.75, 3.05) is 7.05 Å². The second-order valence-electron chi connectivity index (χ2n) is 6.91. The molecule has 2 saturated heterocycles. The number of carbonyl (C=O) groups is 1. The van der Waals surface area contributed by atoms with Gasteiger partial charge in [0, 0.05) is 31.1 Å². The van der Waals surface area contributed by atoms with E-state index in [9.17, 15) is 9.18 Å². The quantitative estimate of drug-likeness (QED) is 0.913. The topological polar surface area (TPSA) is 32.3 Å². The van der Waals surface area contributed by atoms with Crippen molar-refractivity contribution < 1.29 is 9.18 Å². The van der Waals surface area contributed by atoms with Gasteiger partial charge in [-0.05, 0) is 43.7 Å². The first-order valence-corrected chi connectivity index (χ1v) is 8.30. The molecule has 23 heavy (non-hydrogen) atoms. The number of piperidine rings is 1. The number of halogens is 2. The lowest BCUT2D eigenvalue weighted by atomic mass is 9.95. The molecule has 5 heteroatoms. The average Bonchev–Trinajstić information content (AvgIpc) is 2.86. The minimum absolute atomic E-state index is 0. The highest BCUT2D eigenvalue weighted by atomic mass is 35.5. The van der Waals surface area contributed by atoms with E-state index in [0.717, 1.165) is 12.8 Å². The van der Waals surface area contributed by atoms with Crippen LogP contribution in [0.1, 0.15) is 38.2 Å². The summed E-state index contributed by atoms with van der Waals surface area (Å²) in [6.45, 7) is 1.90. The number of benzene rings is 1. The molecule has 1 amide bonds. The molecule has 3 unspecified atom stereocenters. The van der Waals surface area contributed by atoms with Crippen LogP contribution in [0.2, 0.25) is 0 Å². The zero-order valence-corrected chi connectivity index (χ0v) is 14.6. The van der Waals surface area contributed by atoms with E-state index in [4.69, 9.17) is 0 Å². The van der Waals surface area contributed by atoms with Crippen molar-refractivity contribution in [3.05, 3.63) is 35.6 Å². The van der Waals surface area contributed by atoms with Gasteiger partial charge in [0.1, 0.15) is 5.82 Å². The van der Waals surface area contributed by atoms with Crippen LogP contribution in [0.15, 0.2) is 24.3 Å². The van der Waals surface area contributed by atoms with E-state index in [1.807, 2.05) is 24.9 Å². The fourth-order valence-electron chi connectivity index (χ4n) is 3.95. The molecular formula is C18H26ClFN2O. The maximum absolute atomic E-state index is 13.7. The number of rotatable bonds is 4. The SMILES string of the molecule is CC(Cc1ccccc1F)C(=O)N(C)C1CC2CCC(C1)N2.Cl. The Kier molecular flexibility index (Phi) is 6.04. The third kappa shape index (κ3) is 4.04. The largest absolute Gasteiger partial charge is 0.342 e. The van der Waals surface area contributed by atoms with Crippen LogP contribution in [0.25, 0.3) is 0 Å². The van der Waals surface area contributed by atoms with Crippen LogP contribution in [-0.4, -0.2) is 36.0 Å². The summed E-state index contributed by atoms with van der Waals surface area (Å²) in [4.78, 5) is 14.6. The predicted octanol–water partition coefficient (Wildman–Crippen LogP) is 3.17. The van der Waals surface area contributed by atoms with Gasteiger partial charge in [0.25, 0.3) is 0 Å². The van der Waals surface area contributed by atoms with E-state index in [1.165, 1.54) is 18.9 Å². The Morgan fingerprint density at radius 2 is 1.91 bits per heavy atom. The zero-order valence-electron chi connectivity index (χ0n) is 13.8. The van der Waals surface area contributed by atoms with Crippen molar-refractivity contribution in [1.29, 1.82) is 0 Å². The maximum atomic E-state index is 13.7. The van der Waals surface area contributed by atoms with Gasteiger partial charge in [-0.1, -0.05) is 25.1 Å². The molecule has 2 aliphatic heterocycles. The van der Waals surface area contributed by atoms with Crippen LogP contribution >= 0.6 is 12.4 Å². The van der Waals surface area contributed by atoms with Gasteiger partial charge in [-0.25, -0.2) is 4.39 Å². The number of fused-ring (bicyclic) bond motifs is 2. The van der Waals surface area contributed by atoms with E-state index < -0.39 is 0 Å². The summed E-state index contributed by atoms with van der Waals surface area (Å²) in [5.74, 6) is -0.270. The lowest BCUT2D eigenvalue weighted by Crippen LogP contribution is -2.50. The second kappa shape index (κ2) is 7.63. The highest BCUT2D eigenvalue weighted by molar-refractivity contribution is 5.85. The van der Waals surface area contributed by atoms with Gasteiger partial charge >= 0.3 is 0 Å². The molecule has 3 atom stereocenters. The first-order chi connectivity index (χ1) is 10.5. The Morgan fingerprint density at radius 3 is 2.52 bits per heavy atom. The van der Waals surface area contributed by atoms with Crippen LogP contribution in [0.3, 0.4) is 0 Å². The first kappa shape index (κ1) is 18.2. The van der Waals surface area contributed by atoms with Crippen molar-refractivity contribution >= 4 is 18.3 Å². The monoisotopic (exact) mass is 340 g/mol. The summed E-state index contributed by atoms with van der Waals surface area (Å²) in [7, 11) is 1.91. The number of hydrogen-bond donors (Lipinski definition) is 1. The summed E-state index contributed by atoms with van der Waals surface area (Å²) in [5.41, 5.74) is 0.627. The Morgan fingerprint density at radius 1 is 1.30 bits per heavy atom. The Hall–Kier alpha value is -1.13. The van der Waals surface area contributed by atoms with Crippen LogP contribution in [0.5, 0.6) is 0 Å². The first-order valence-electron chi connectivity index (χ1n) is 8.30. The molecule has 2 fully saturated rings. The smallest absolute Gasteiger partial charge is 0.225 e. The number of hydrogen-bond acceptors (Lipinski definition) is 2. The molecule has 2 bridgehead atoms. The van der Waals surface area contributed by atoms with Crippen molar-refractivity contribution in [3.63, 3.8) is 0 Å². The molecule has 0 saturated carbocycles. The van der Waals surface area contributed by atoms with Gasteiger partial charge in [-0.2, -0.15) is 0 Å². The highest BCUT2D eigenvalue weighted by Gasteiger charge is 2.37. The van der Waals surface area contributed by atoms with E-state index in [2.05, 4.69) is 5.32 Å². The van der Waals surface area contributed by atoms with Gasteiger partial charge in [0.05, 0.1) is 0 Å². The van der Waals surface area contributed by atoms with Crippen LogP contribution in [0.4, 0.5) is 4.39 Å². The Labute approximate surface area is 144 Å². The third-order valence-electron chi connectivity index (χ3n) is 5.25. The zero-order chi connectivity index (χ0) is 15.7. The molecule has 3 rings (SSSR count). The molecule has 1 aromatic carbocycles. The van der Waals surface area contributed by atoms with Crippen LogP contribution in [0, 0.1) is 11.7 Å². The molecule has 2 heterocycles. The van der Waals surface area contributed by atoms with Gasteiger partial charge in [0.15, 0.2) is 0 Å². The molecular weight excluding hydrogens is 315 g/mol. The molecule has 1 N–H and O–H groups in total. The van der Waals surface area contributed by atoms with Crippen LogP contribution < -0.4 is 5.32 Å². The lowest BCUT2D eigenvalue weighted by Gasteiger charge is -2.36. The van der Waals surface area contributed by atoms with Crippen molar-refractivity contribution in [2.24, 2.45) is 5.92 Å². The average molecular weight is 341 g/mol. The van der Waals surface area contributed by atoms with Crippen LogP contribution in [-0.2, 0) is 11.2 Å². The summed E-state index contributed by atoms with van der Waals surface area (Å²) >= 11 is 0. The third-order valence-corrected chi connectivity index (χ3v) is 5.25. The van der Waals surface area contributed by atoms with Gasteiger partial charge in [-0.15, -0.1) is 12.4 Å². The Balaban J connectivity index is 0.00000192. The van der Waals surface area contributed by atoms with E-state index in [0.29, 0.717) is 30.1 Å². The molecule has 0 spiro atoms. The lowest BCUT2D eigenvalue weighted by molar-refractivity contribution is -0.136. The molecule has 0 aliphatic carbocycles. The van der Waals surface area contributed by atoms with E-state index >= 15 is 0 Å². The maximum Gasteiger partial charge on any atom is 0.225 e. The predicted molar refractivity (Wildman–Crippen MR) is 92.3 cm³/mol. The molecule has 3 nitrogen and oxygen atoms in total. The second-order valence-corrected chi connectivity index (χ2v) is 6.91. The number of nitrogens with one attached hydrogen (secondary N) is 1. The van der Waals surface area contributed by atoms with E-state index in [-0.39, 0.29) is 30.0 Å². The molecule has 128 valence electrons. The summed E-state index contributed by atoms with van der Waals surface area (Å²) in [5, 5.41) is 3.60. The fraction of sp³-hybridized carbons (Fsp3) is 0.611. The van der Waals surface area contributed by atoms with Crippen molar-refractivity contribution in [3.8, 4) is 0 Å². The number of nitrogens with zero attached hydrogens (tertiary/aromatic N) is 1. The van der Waals surface area contributed by atoms with Crippen molar-refractivity contribution in [2.45, 2.75) is 57.2 Å². The standard InChI is InChI=1S/C18H25FN2O.ClH/c1-12(9-13-5-3-4-6-17(13)19)18(22)21(2)16-10-14-7-8-15(11-16)20-14;/h3-6,12,14-16,20H,7-11H2,1-2H3;1H. The number of carbonyl (C=O) groups excluding carboxylic acids is 1. The van der Waals surface area contributed by atoms with Gasteiger partial charge in [0.2, 0.25) is 5.91 Å². The molecule has 0 radical (unpaired) electrons. The molecule has 1 aromatic rings. The molecule has 2 aliphatic rings. The van der Waals surface area contributed by atoms with Gasteiger partial charge in [-0.3, -0.25) is 4.79 Å². The summed E-state index contributed by atoms with van der Waals surface area (Å²) in [6, 6.07) is 8.20. The summed E-state index contributed by atoms with van der Waals surface area (Å²) < 4.78 is 13.7. The number of amides is 1. The Bertz CT molecular complexity index is 542. The van der Waals surface area contributed by atoms with Gasteiger partial charge < -0.3 is 10.2 Å². The van der Waals surface area contributed by atoms with E-state index in [1.54, 1.807) is 12.1 Å². The fourth-order valence-corrected chi connectivity index (χ4v) is 3.95. The highest BCUT2D eigenvalue weighted by Crippen LogP contribution is 2.30. The van der Waals surface area contributed by atoms with Crippen molar-refractivity contribution in [1.82, 2.24) is 10.2 Å². The minimum Gasteiger partial charge on any atom is -0.342 e.